The number of aliphatic hydroxyl groups excluding tert-OH is 1. The minimum atomic E-state index is -0.310. The first-order valence-electron chi connectivity index (χ1n) is 7.66. The van der Waals surface area contributed by atoms with Crippen molar-refractivity contribution < 1.29 is 18.8 Å². The van der Waals surface area contributed by atoms with E-state index in [4.69, 9.17) is 9.26 Å². The van der Waals surface area contributed by atoms with Crippen molar-refractivity contribution in [1.29, 1.82) is 0 Å². The van der Waals surface area contributed by atoms with Crippen molar-refractivity contribution in [3.8, 4) is 5.75 Å². The predicted octanol–water partition coefficient (Wildman–Crippen LogP) is 1.99. The lowest BCUT2D eigenvalue weighted by Gasteiger charge is -2.18. The second-order valence-electron chi connectivity index (χ2n) is 5.95. The normalized spacial score (nSPS) is 15.8. The Hall–Kier alpha value is -1.99. The molecular weight excluding hydrogens is 301 g/mol. The van der Waals surface area contributed by atoms with Gasteiger partial charge in [-0.05, 0) is 50.1 Å². The van der Waals surface area contributed by atoms with Crippen LogP contribution in [-0.4, -0.2) is 39.8 Å². The van der Waals surface area contributed by atoms with Crippen molar-refractivity contribution >= 4 is 0 Å². The number of aromatic nitrogens is 2. The van der Waals surface area contributed by atoms with E-state index in [-0.39, 0.29) is 18.5 Å². The van der Waals surface area contributed by atoms with Crippen molar-refractivity contribution in [2.45, 2.75) is 32.1 Å². The van der Waals surface area contributed by atoms with Gasteiger partial charge in [-0.1, -0.05) is 5.16 Å². The maximum atomic E-state index is 12.8. The van der Waals surface area contributed by atoms with Crippen LogP contribution in [0.4, 0.5) is 4.39 Å². The highest BCUT2D eigenvalue weighted by Gasteiger charge is 2.30. The standard InChI is InChI=1S/C16H20FN3O3/c1-20(8-14(21)11-2-3-11)9-16-18-15(19-23-16)10-22-13-6-4-12(17)5-7-13/h4-7,11,14,21H,2-3,8-10H2,1H3. The summed E-state index contributed by atoms with van der Waals surface area (Å²) in [6, 6.07) is 5.75. The van der Waals surface area contributed by atoms with Gasteiger partial charge in [0.2, 0.25) is 11.7 Å². The summed E-state index contributed by atoms with van der Waals surface area (Å²) in [5, 5.41) is 13.8. The molecule has 1 aromatic carbocycles. The molecule has 1 saturated carbocycles. The van der Waals surface area contributed by atoms with E-state index < -0.39 is 0 Å². The minimum absolute atomic E-state index is 0.156. The van der Waals surface area contributed by atoms with Crippen molar-refractivity contribution in [3.63, 3.8) is 0 Å². The Morgan fingerprint density at radius 1 is 1.39 bits per heavy atom. The lowest BCUT2D eigenvalue weighted by Crippen LogP contribution is -2.30. The second kappa shape index (κ2) is 7.06. The molecule has 1 atom stereocenters. The molecule has 0 radical (unpaired) electrons. The van der Waals surface area contributed by atoms with Crippen LogP contribution < -0.4 is 4.74 Å². The van der Waals surface area contributed by atoms with Gasteiger partial charge in [0, 0.05) is 6.54 Å². The minimum Gasteiger partial charge on any atom is -0.485 e. The van der Waals surface area contributed by atoms with Gasteiger partial charge in [-0.25, -0.2) is 4.39 Å². The Bertz CT molecular complexity index is 628. The molecule has 0 bridgehead atoms. The molecule has 2 aromatic rings. The fraction of sp³-hybridized carbons (Fsp3) is 0.500. The third-order valence-electron chi connectivity index (χ3n) is 3.76. The van der Waals surface area contributed by atoms with E-state index in [2.05, 4.69) is 10.1 Å². The lowest BCUT2D eigenvalue weighted by atomic mass is 10.2. The molecule has 0 saturated heterocycles. The number of hydrogen-bond acceptors (Lipinski definition) is 6. The summed E-state index contributed by atoms with van der Waals surface area (Å²) in [7, 11) is 1.91. The number of halogens is 1. The number of ether oxygens (including phenoxy) is 1. The maximum Gasteiger partial charge on any atom is 0.240 e. The van der Waals surface area contributed by atoms with Crippen LogP contribution in [-0.2, 0) is 13.2 Å². The number of rotatable bonds is 8. The van der Waals surface area contributed by atoms with Crippen molar-refractivity contribution in [2.24, 2.45) is 5.92 Å². The van der Waals surface area contributed by atoms with Crippen molar-refractivity contribution in [2.75, 3.05) is 13.6 Å². The largest absolute Gasteiger partial charge is 0.485 e. The Labute approximate surface area is 133 Å². The third kappa shape index (κ3) is 4.74. The predicted molar refractivity (Wildman–Crippen MR) is 80.1 cm³/mol. The van der Waals surface area contributed by atoms with Gasteiger partial charge in [-0.3, -0.25) is 4.90 Å². The van der Waals surface area contributed by atoms with E-state index in [1.807, 2.05) is 11.9 Å². The van der Waals surface area contributed by atoms with Crippen LogP contribution in [0.15, 0.2) is 28.8 Å². The quantitative estimate of drug-likeness (QED) is 0.802. The molecule has 0 amide bonds. The molecule has 1 heterocycles. The molecule has 23 heavy (non-hydrogen) atoms. The summed E-state index contributed by atoms with van der Waals surface area (Å²) in [6.07, 6.45) is 1.94. The van der Waals surface area contributed by atoms with E-state index >= 15 is 0 Å². The number of benzene rings is 1. The molecule has 0 spiro atoms. The summed E-state index contributed by atoms with van der Waals surface area (Å²) in [6.45, 7) is 1.23. The topological polar surface area (TPSA) is 71.6 Å². The molecule has 1 N–H and O–H groups in total. The molecule has 6 nitrogen and oxygen atoms in total. The highest BCUT2D eigenvalue weighted by Crippen LogP contribution is 2.32. The van der Waals surface area contributed by atoms with Gasteiger partial charge in [0.05, 0.1) is 12.6 Å². The molecule has 1 aliphatic rings. The highest BCUT2D eigenvalue weighted by atomic mass is 19.1. The average Bonchev–Trinajstić information content (AvgIpc) is 3.28. The smallest absolute Gasteiger partial charge is 0.240 e. The molecular formula is C16H20FN3O3. The summed E-state index contributed by atoms with van der Waals surface area (Å²) >= 11 is 0. The molecule has 1 unspecified atom stereocenters. The molecule has 0 aliphatic heterocycles. The number of nitrogens with zero attached hydrogens (tertiary/aromatic N) is 3. The van der Waals surface area contributed by atoms with E-state index in [0.717, 1.165) is 12.8 Å². The van der Waals surface area contributed by atoms with Crippen LogP contribution >= 0.6 is 0 Å². The van der Waals surface area contributed by atoms with Gasteiger partial charge in [-0.2, -0.15) is 4.98 Å². The molecule has 3 rings (SSSR count). The first-order chi connectivity index (χ1) is 11.1. The first kappa shape index (κ1) is 15.9. The summed E-state index contributed by atoms with van der Waals surface area (Å²) in [4.78, 5) is 6.21. The average molecular weight is 321 g/mol. The van der Waals surface area contributed by atoms with Gasteiger partial charge in [0.25, 0.3) is 0 Å². The second-order valence-corrected chi connectivity index (χ2v) is 5.95. The van der Waals surface area contributed by atoms with Crippen LogP contribution in [0.1, 0.15) is 24.6 Å². The van der Waals surface area contributed by atoms with Gasteiger partial charge in [0.15, 0.2) is 6.61 Å². The SMILES string of the molecule is CN(Cc1nc(COc2ccc(F)cc2)no1)CC(O)C1CC1. The van der Waals surface area contributed by atoms with Crippen LogP contribution in [0.3, 0.4) is 0 Å². The van der Waals surface area contributed by atoms with E-state index in [9.17, 15) is 9.50 Å². The fourth-order valence-corrected chi connectivity index (χ4v) is 2.34. The number of likely N-dealkylation sites (N-methyl/N-ethyl adjacent to an activating group) is 1. The maximum absolute atomic E-state index is 12.8. The highest BCUT2D eigenvalue weighted by molar-refractivity contribution is 5.22. The lowest BCUT2D eigenvalue weighted by molar-refractivity contribution is 0.0992. The first-order valence-corrected chi connectivity index (χ1v) is 7.66. The summed E-state index contributed by atoms with van der Waals surface area (Å²) in [5.74, 6) is 1.59. The molecule has 1 fully saturated rings. The van der Waals surface area contributed by atoms with E-state index in [1.165, 1.54) is 12.1 Å². The Kier molecular flexibility index (Phi) is 4.88. The van der Waals surface area contributed by atoms with Crippen LogP contribution in [0.25, 0.3) is 0 Å². The fourth-order valence-electron chi connectivity index (χ4n) is 2.34. The van der Waals surface area contributed by atoms with E-state index in [1.54, 1.807) is 12.1 Å². The Morgan fingerprint density at radius 3 is 2.83 bits per heavy atom. The van der Waals surface area contributed by atoms with Crippen LogP contribution in [0.5, 0.6) is 5.75 Å². The zero-order valence-electron chi connectivity index (χ0n) is 13.0. The van der Waals surface area contributed by atoms with E-state index in [0.29, 0.717) is 36.5 Å². The number of hydrogen-bond donors (Lipinski definition) is 1. The molecule has 124 valence electrons. The molecule has 1 aliphatic carbocycles. The molecule has 1 aromatic heterocycles. The van der Waals surface area contributed by atoms with Gasteiger partial charge < -0.3 is 14.4 Å². The van der Waals surface area contributed by atoms with Crippen LogP contribution in [0.2, 0.25) is 0 Å². The zero-order valence-corrected chi connectivity index (χ0v) is 13.0. The van der Waals surface area contributed by atoms with Crippen molar-refractivity contribution in [3.05, 3.63) is 41.8 Å². The number of aliphatic hydroxyl groups is 1. The van der Waals surface area contributed by atoms with Gasteiger partial charge >= 0.3 is 0 Å². The van der Waals surface area contributed by atoms with Gasteiger partial charge in [-0.15, -0.1) is 0 Å². The summed E-state index contributed by atoms with van der Waals surface area (Å²) in [5.41, 5.74) is 0. The van der Waals surface area contributed by atoms with Crippen molar-refractivity contribution in [1.82, 2.24) is 15.0 Å². The third-order valence-corrected chi connectivity index (χ3v) is 3.76. The zero-order chi connectivity index (χ0) is 16.2. The monoisotopic (exact) mass is 321 g/mol. The van der Waals surface area contributed by atoms with Crippen LogP contribution in [0, 0.1) is 11.7 Å². The Morgan fingerprint density at radius 2 is 2.13 bits per heavy atom. The van der Waals surface area contributed by atoms with Gasteiger partial charge in [0.1, 0.15) is 11.6 Å². The summed E-state index contributed by atoms with van der Waals surface area (Å²) < 4.78 is 23.4. The Balaban J connectivity index is 1.46. The molecule has 7 heteroatoms.